The minimum absolute atomic E-state index is 0.0937. The van der Waals surface area contributed by atoms with Gasteiger partial charge in [-0.3, -0.25) is 9.89 Å². The van der Waals surface area contributed by atoms with Crippen LogP contribution in [-0.2, 0) is 0 Å². The maximum atomic E-state index is 11.2. The Kier molecular flexibility index (Phi) is 1.33. The summed E-state index contributed by atoms with van der Waals surface area (Å²) in [6.45, 7) is 0. The highest BCUT2D eigenvalue weighted by Crippen LogP contribution is 2.09. The number of H-pyrrole nitrogens is 1. The molecule has 1 heterocycles. The molecule has 1 aromatic heterocycles. The van der Waals surface area contributed by atoms with E-state index in [1.54, 1.807) is 18.2 Å². The van der Waals surface area contributed by atoms with Gasteiger partial charge in [0.15, 0.2) is 0 Å². The van der Waals surface area contributed by atoms with Crippen LogP contribution in [0.15, 0.2) is 29.2 Å². The first-order chi connectivity index (χ1) is 5.77. The average molecular weight is 161 g/mol. The highest BCUT2D eigenvalue weighted by Gasteiger charge is 1.96. The fourth-order valence-electron chi connectivity index (χ4n) is 1.10. The van der Waals surface area contributed by atoms with Crippen molar-refractivity contribution in [3.05, 3.63) is 34.6 Å². The Balaban J connectivity index is 2.96. The zero-order chi connectivity index (χ0) is 8.55. The second-order valence-electron chi connectivity index (χ2n) is 2.54. The van der Waals surface area contributed by atoms with E-state index in [-0.39, 0.29) is 5.43 Å². The lowest BCUT2D eigenvalue weighted by Gasteiger charge is -1.96. The molecule has 0 aliphatic rings. The molecule has 0 unspecified atom stereocenters. The highest BCUT2D eigenvalue weighted by molar-refractivity contribution is 5.80. The largest absolute Gasteiger partial charge is 0.399 e. The topological polar surface area (TPSA) is 71.8 Å². The van der Waals surface area contributed by atoms with Crippen LogP contribution < -0.4 is 11.2 Å². The number of nitrogen functional groups attached to an aromatic ring is 1. The number of nitrogens with two attached hydrogens (primary N) is 1. The van der Waals surface area contributed by atoms with Gasteiger partial charge in [0.1, 0.15) is 0 Å². The molecule has 0 saturated heterocycles. The van der Waals surface area contributed by atoms with E-state index in [0.29, 0.717) is 16.6 Å². The van der Waals surface area contributed by atoms with E-state index in [9.17, 15) is 4.79 Å². The van der Waals surface area contributed by atoms with Crippen molar-refractivity contribution < 1.29 is 0 Å². The lowest BCUT2D eigenvalue weighted by molar-refractivity contribution is 1.06. The number of hydrogen-bond donors (Lipinski definition) is 2. The Bertz CT molecular complexity index is 475. The van der Waals surface area contributed by atoms with Crippen molar-refractivity contribution in [2.45, 2.75) is 0 Å². The van der Waals surface area contributed by atoms with Crippen LogP contribution in [-0.4, -0.2) is 10.2 Å². The Morgan fingerprint density at radius 2 is 2.25 bits per heavy atom. The molecule has 0 bridgehead atoms. The molecule has 2 rings (SSSR count). The lowest BCUT2D eigenvalue weighted by Crippen LogP contribution is -2.02. The number of nitrogens with zero attached hydrogens (tertiary/aromatic N) is 1. The van der Waals surface area contributed by atoms with Gasteiger partial charge in [0.05, 0.1) is 11.7 Å². The number of fused-ring (bicyclic) bond motifs is 1. The second kappa shape index (κ2) is 2.34. The third kappa shape index (κ3) is 0.934. The summed E-state index contributed by atoms with van der Waals surface area (Å²) in [4.78, 5) is 11.2. The smallest absolute Gasteiger partial charge is 0.207 e. The fourth-order valence-corrected chi connectivity index (χ4v) is 1.10. The summed E-state index contributed by atoms with van der Waals surface area (Å²) in [5, 5.41) is 6.97. The van der Waals surface area contributed by atoms with E-state index in [0.717, 1.165) is 0 Å². The van der Waals surface area contributed by atoms with Crippen LogP contribution in [0.5, 0.6) is 0 Å². The standard InChI is InChI=1S/C8H7N3O/c9-5-1-2-6-7(3-5)11-10-4-8(6)12/h1-4H,9H2,(H,11,12). The Labute approximate surface area is 68.0 Å². The molecule has 0 aliphatic heterocycles. The van der Waals surface area contributed by atoms with Crippen LogP contribution in [0.3, 0.4) is 0 Å². The summed E-state index contributed by atoms with van der Waals surface area (Å²) in [5.41, 5.74) is 6.72. The normalized spacial score (nSPS) is 10.3. The minimum Gasteiger partial charge on any atom is -0.399 e. The fraction of sp³-hybridized carbons (Fsp3) is 0. The van der Waals surface area contributed by atoms with Crippen molar-refractivity contribution in [2.24, 2.45) is 0 Å². The predicted molar refractivity (Wildman–Crippen MR) is 46.8 cm³/mol. The van der Waals surface area contributed by atoms with Gasteiger partial charge in [-0.1, -0.05) is 0 Å². The van der Waals surface area contributed by atoms with Crippen molar-refractivity contribution in [3.8, 4) is 0 Å². The number of nitrogens with one attached hydrogen (secondary N) is 1. The summed E-state index contributed by atoms with van der Waals surface area (Å²) in [7, 11) is 0. The number of anilines is 1. The molecule has 4 nitrogen and oxygen atoms in total. The first-order valence-electron chi connectivity index (χ1n) is 3.50. The molecule has 12 heavy (non-hydrogen) atoms. The average Bonchev–Trinajstić information content (AvgIpc) is 2.04. The lowest BCUT2D eigenvalue weighted by atomic mass is 10.2. The minimum atomic E-state index is -0.0937. The van der Waals surface area contributed by atoms with E-state index >= 15 is 0 Å². The van der Waals surface area contributed by atoms with Crippen molar-refractivity contribution in [1.29, 1.82) is 0 Å². The van der Waals surface area contributed by atoms with Crippen molar-refractivity contribution >= 4 is 16.6 Å². The maximum Gasteiger partial charge on any atom is 0.207 e. The summed E-state index contributed by atoms with van der Waals surface area (Å²) in [5.74, 6) is 0. The molecule has 0 spiro atoms. The molecule has 0 atom stereocenters. The first-order valence-corrected chi connectivity index (χ1v) is 3.50. The maximum absolute atomic E-state index is 11.2. The van der Waals surface area contributed by atoms with E-state index in [2.05, 4.69) is 10.2 Å². The molecule has 0 radical (unpaired) electrons. The van der Waals surface area contributed by atoms with Crippen LogP contribution in [0.25, 0.3) is 10.9 Å². The Morgan fingerprint density at radius 3 is 3.08 bits per heavy atom. The van der Waals surface area contributed by atoms with Gasteiger partial charge in [0, 0.05) is 11.1 Å². The molecule has 3 N–H and O–H groups in total. The van der Waals surface area contributed by atoms with Gasteiger partial charge in [-0.2, -0.15) is 5.10 Å². The zero-order valence-corrected chi connectivity index (χ0v) is 6.24. The SMILES string of the molecule is Nc1ccc2c(=O)cn[nH]c2c1. The molecule has 1 aromatic carbocycles. The van der Waals surface area contributed by atoms with E-state index < -0.39 is 0 Å². The van der Waals surface area contributed by atoms with Gasteiger partial charge >= 0.3 is 0 Å². The molecule has 0 aliphatic carbocycles. The molecule has 4 heteroatoms. The molecule has 0 fully saturated rings. The Hall–Kier alpha value is -1.84. The number of aromatic nitrogens is 2. The molecule has 2 aromatic rings. The zero-order valence-electron chi connectivity index (χ0n) is 6.24. The van der Waals surface area contributed by atoms with Gasteiger partial charge in [-0.25, -0.2) is 0 Å². The molecule has 0 saturated carbocycles. The third-order valence-electron chi connectivity index (χ3n) is 1.68. The van der Waals surface area contributed by atoms with E-state index in [1.807, 2.05) is 0 Å². The van der Waals surface area contributed by atoms with Gasteiger partial charge < -0.3 is 5.73 Å². The quantitative estimate of drug-likeness (QED) is 0.553. The van der Waals surface area contributed by atoms with Crippen LogP contribution in [0.2, 0.25) is 0 Å². The van der Waals surface area contributed by atoms with E-state index in [4.69, 9.17) is 5.73 Å². The molecule has 60 valence electrons. The van der Waals surface area contributed by atoms with Crippen LogP contribution in [0, 0.1) is 0 Å². The van der Waals surface area contributed by atoms with Crippen molar-refractivity contribution in [2.75, 3.05) is 5.73 Å². The van der Waals surface area contributed by atoms with E-state index in [1.165, 1.54) is 6.20 Å². The van der Waals surface area contributed by atoms with Crippen LogP contribution >= 0.6 is 0 Å². The predicted octanol–water partition coefficient (Wildman–Crippen LogP) is 0.505. The molecular formula is C8H7N3O. The first kappa shape index (κ1) is 6.84. The van der Waals surface area contributed by atoms with Crippen molar-refractivity contribution in [1.82, 2.24) is 10.2 Å². The van der Waals surface area contributed by atoms with Gasteiger partial charge in [-0.15, -0.1) is 0 Å². The summed E-state index contributed by atoms with van der Waals surface area (Å²) in [6.07, 6.45) is 1.25. The highest BCUT2D eigenvalue weighted by atomic mass is 16.1. The monoisotopic (exact) mass is 161 g/mol. The molecule has 0 amide bonds. The summed E-state index contributed by atoms with van der Waals surface area (Å²) in [6, 6.07) is 5.06. The third-order valence-corrected chi connectivity index (χ3v) is 1.68. The number of benzene rings is 1. The van der Waals surface area contributed by atoms with Crippen LogP contribution in [0.1, 0.15) is 0 Å². The summed E-state index contributed by atoms with van der Waals surface area (Å²) < 4.78 is 0. The van der Waals surface area contributed by atoms with Gasteiger partial charge in [0.2, 0.25) is 5.43 Å². The number of aromatic amines is 1. The second-order valence-corrected chi connectivity index (χ2v) is 2.54. The van der Waals surface area contributed by atoms with Gasteiger partial charge in [-0.05, 0) is 18.2 Å². The van der Waals surface area contributed by atoms with Crippen LogP contribution in [0.4, 0.5) is 5.69 Å². The summed E-state index contributed by atoms with van der Waals surface area (Å²) >= 11 is 0. The van der Waals surface area contributed by atoms with Crippen molar-refractivity contribution in [3.63, 3.8) is 0 Å². The molecular weight excluding hydrogens is 154 g/mol. The van der Waals surface area contributed by atoms with Gasteiger partial charge in [0.25, 0.3) is 0 Å². The Morgan fingerprint density at radius 1 is 1.42 bits per heavy atom. The number of rotatable bonds is 0. The number of hydrogen-bond acceptors (Lipinski definition) is 3.